The molecule has 0 heterocycles. The maximum absolute atomic E-state index is 5.82. The molecular formula is C24H35NO2. The highest BCUT2D eigenvalue weighted by atomic mass is 16.5. The van der Waals surface area contributed by atoms with Gasteiger partial charge in [-0.15, -0.1) is 0 Å². The molecule has 0 atom stereocenters. The van der Waals surface area contributed by atoms with Gasteiger partial charge in [-0.25, -0.2) is 0 Å². The minimum absolute atomic E-state index is 0.210. The highest BCUT2D eigenvalue weighted by molar-refractivity contribution is 5.28. The summed E-state index contributed by atoms with van der Waals surface area (Å²) in [5, 5.41) is 3.49. The first-order chi connectivity index (χ1) is 13.2. The summed E-state index contributed by atoms with van der Waals surface area (Å²) in [6, 6.07) is 16.7. The van der Waals surface area contributed by atoms with Crippen molar-refractivity contribution in [2.24, 2.45) is 0 Å². The lowest BCUT2D eigenvalue weighted by Gasteiger charge is -2.11. The first-order valence-corrected chi connectivity index (χ1v) is 10.4. The quantitative estimate of drug-likeness (QED) is 0.432. The zero-order valence-electron chi connectivity index (χ0n) is 17.2. The topological polar surface area (TPSA) is 30.5 Å². The number of unbranched alkanes of at least 4 members (excludes halogenated alkanes) is 4. The molecule has 0 amide bonds. The van der Waals surface area contributed by atoms with Gasteiger partial charge in [0.25, 0.3) is 0 Å². The Labute approximate surface area is 165 Å². The molecule has 0 bridgehead atoms. The van der Waals surface area contributed by atoms with Crippen molar-refractivity contribution in [3.05, 3.63) is 59.7 Å². The monoisotopic (exact) mass is 369 g/mol. The van der Waals surface area contributed by atoms with Crippen LogP contribution in [-0.4, -0.2) is 12.7 Å². The van der Waals surface area contributed by atoms with Crippen molar-refractivity contribution in [3.8, 4) is 11.5 Å². The van der Waals surface area contributed by atoms with Gasteiger partial charge in [-0.05, 0) is 55.7 Å². The van der Waals surface area contributed by atoms with Crippen LogP contribution in [-0.2, 0) is 13.1 Å². The predicted octanol–water partition coefficient (Wildman–Crippen LogP) is 6.11. The molecule has 0 aromatic heterocycles. The van der Waals surface area contributed by atoms with Gasteiger partial charge in [0, 0.05) is 13.1 Å². The van der Waals surface area contributed by atoms with E-state index in [0.29, 0.717) is 0 Å². The fourth-order valence-electron chi connectivity index (χ4n) is 2.91. The molecule has 1 N–H and O–H groups in total. The lowest BCUT2D eigenvalue weighted by atomic mass is 10.1. The molecular weight excluding hydrogens is 334 g/mol. The highest BCUT2D eigenvalue weighted by Crippen LogP contribution is 2.15. The summed E-state index contributed by atoms with van der Waals surface area (Å²) in [7, 11) is 0. The van der Waals surface area contributed by atoms with Crippen LogP contribution < -0.4 is 14.8 Å². The Morgan fingerprint density at radius 2 is 1.30 bits per heavy atom. The maximum atomic E-state index is 5.82. The molecule has 2 rings (SSSR count). The Kier molecular flexibility index (Phi) is 9.78. The molecule has 0 saturated carbocycles. The maximum Gasteiger partial charge on any atom is 0.119 e. The van der Waals surface area contributed by atoms with Crippen molar-refractivity contribution in [3.63, 3.8) is 0 Å². The van der Waals surface area contributed by atoms with Crippen LogP contribution in [0.15, 0.2) is 48.5 Å². The van der Waals surface area contributed by atoms with E-state index in [0.717, 1.165) is 37.6 Å². The molecule has 27 heavy (non-hydrogen) atoms. The van der Waals surface area contributed by atoms with Crippen LogP contribution in [0.4, 0.5) is 0 Å². The Hall–Kier alpha value is -2.00. The molecule has 0 radical (unpaired) electrons. The van der Waals surface area contributed by atoms with E-state index in [1.54, 1.807) is 0 Å². The van der Waals surface area contributed by atoms with Crippen LogP contribution in [0.5, 0.6) is 11.5 Å². The Bertz CT molecular complexity index is 620. The summed E-state index contributed by atoms with van der Waals surface area (Å²) >= 11 is 0. The summed E-state index contributed by atoms with van der Waals surface area (Å²) in [6.07, 6.45) is 6.55. The molecule has 0 aliphatic rings. The summed E-state index contributed by atoms with van der Waals surface area (Å²) in [4.78, 5) is 0. The Morgan fingerprint density at radius 3 is 1.85 bits per heavy atom. The molecule has 0 spiro atoms. The molecule has 0 saturated heterocycles. The zero-order chi connectivity index (χ0) is 19.3. The summed E-state index contributed by atoms with van der Waals surface area (Å²) in [5.41, 5.74) is 2.53. The standard InChI is InChI=1S/C24H35NO2/c1-4-5-6-7-8-17-26-23-13-9-21(10-14-23)18-25-19-22-11-15-24(16-12-22)27-20(2)3/h9-16,20,25H,4-8,17-19H2,1-3H3. The third-order valence-corrected chi connectivity index (χ3v) is 4.39. The van der Waals surface area contributed by atoms with Crippen molar-refractivity contribution in [1.82, 2.24) is 5.32 Å². The first kappa shape index (κ1) is 21.3. The van der Waals surface area contributed by atoms with Crippen LogP contribution >= 0.6 is 0 Å². The fourth-order valence-corrected chi connectivity index (χ4v) is 2.91. The van der Waals surface area contributed by atoms with E-state index in [9.17, 15) is 0 Å². The van der Waals surface area contributed by atoms with Crippen LogP contribution in [0.3, 0.4) is 0 Å². The van der Waals surface area contributed by atoms with E-state index in [4.69, 9.17) is 9.47 Å². The molecule has 0 unspecified atom stereocenters. The van der Waals surface area contributed by atoms with Gasteiger partial charge >= 0.3 is 0 Å². The largest absolute Gasteiger partial charge is 0.494 e. The molecule has 0 aliphatic carbocycles. The van der Waals surface area contributed by atoms with Crippen molar-refractivity contribution < 1.29 is 9.47 Å². The molecule has 0 fully saturated rings. The van der Waals surface area contributed by atoms with Crippen LogP contribution in [0.2, 0.25) is 0 Å². The first-order valence-electron chi connectivity index (χ1n) is 10.4. The minimum Gasteiger partial charge on any atom is -0.494 e. The average Bonchev–Trinajstić information content (AvgIpc) is 2.67. The van der Waals surface area contributed by atoms with Gasteiger partial charge in [0.15, 0.2) is 0 Å². The van der Waals surface area contributed by atoms with E-state index in [-0.39, 0.29) is 6.10 Å². The zero-order valence-corrected chi connectivity index (χ0v) is 17.2. The Balaban J connectivity index is 1.64. The van der Waals surface area contributed by atoms with Crippen molar-refractivity contribution >= 4 is 0 Å². The van der Waals surface area contributed by atoms with E-state index < -0.39 is 0 Å². The molecule has 3 nitrogen and oxygen atoms in total. The van der Waals surface area contributed by atoms with E-state index in [1.807, 2.05) is 26.0 Å². The van der Waals surface area contributed by atoms with Gasteiger partial charge in [-0.3, -0.25) is 0 Å². The summed E-state index contributed by atoms with van der Waals surface area (Å²) in [5.74, 6) is 1.89. The van der Waals surface area contributed by atoms with Gasteiger partial charge in [-0.1, -0.05) is 56.9 Å². The van der Waals surface area contributed by atoms with E-state index in [2.05, 4.69) is 48.6 Å². The van der Waals surface area contributed by atoms with Gasteiger partial charge in [0.05, 0.1) is 12.7 Å². The van der Waals surface area contributed by atoms with Crippen molar-refractivity contribution in [2.75, 3.05) is 6.61 Å². The summed E-state index contributed by atoms with van der Waals surface area (Å²) in [6.45, 7) is 8.83. The normalized spacial score (nSPS) is 11.0. The molecule has 2 aromatic carbocycles. The lowest BCUT2D eigenvalue weighted by Crippen LogP contribution is -2.12. The smallest absolute Gasteiger partial charge is 0.119 e. The molecule has 0 aliphatic heterocycles. The predicted molar refractivity (Wildman–Crippen MR) is 113 cm³/mol. The van der Waals surface area contributed by atoms with Crippen LogP contribution in [0, 0.1) is 0 Å². The number of rotatable bonds is 13. The highest BCUT2D eigenvalue weighted by Gasteiger charge is 2.00. The van der Waals surface area contributed by atoms with Crippen LogP contribution in [0.25, 0.3) is 0 Å². The molecule has 2 aromatic rings. The average molecular weight is 370 g/mol. The van der Waals surface area contributed by atoms with E-state index in [1.165, 1.54) is 36.8 Å². The van der Waals surface area contributed by atoms with E-state index >= 15 is 0 Å². The van der Waals surface area contributed by atoms with Crippen LogP contribution in [0.1, 0.15) is 64.0 Å². The second kappa shape index (κ2) is 12.4. The van der Waals surface area contributed by atoms with Gasteiger partial charge in [-0.2, -0.15) is 0 Å². The number of ether oxygens (including phenoxy) is 2. The fraction of sp³-hybridized carbons (Fsp3) is 0.500. The number of hydrogen-bond acceptors (Lipinski definition) is 3. The Morgan fingerprint density at radius 1 is 0.741 bits per heavy atom. The van der Waals surface area contributed by atoms with Gasteiger partial charge in [0.1, 0.15) is 11.5 Å². The second-order valence-corrected chi connectivity index (χ2v) is 7.32. The molecule has 3 heteroatoms. The summed E-state index contributed by atoms with van der Waals surface area (Å²) < 4.78 is 11.5. The number of hydrogen-bond donors (Lipinski definition) is 1. The number of nitrogens with one attached hydrogen (secondary N) is 1. The van der Waals surface area contributed by atoms with Crippen molar-refractivity contribution in [2.45, 2.75) is 72.1 Å². The minimum atomic E-state index is 0.210. The number of benzene rings is 2. The lowest BCUT2D eigenvalue weighted by molar-refractivity contribution is 0.242. The van der Waals surface area contributed by atoms with Crippen molar-refractivity contribution in [1.29, 1.82) is 0 Å². The molecule has 148 valence electrons. The third-order valence-electron chi connectivity index (χ3n) is 4.39. The second-order valence-electron chi connectivity index (χ2n) is 7.32. The van der Waals surface area contributed by atoms with Gasteiger partial charge in [0.2, 0.25) is 0 Å². The SMILES string of the molecule is CCCCCCCOc1ccc(CNCc2ccc(OC(C)C)cc2)cc1. The third kappa shape index (κ3) is 8.96. The van der Waals surface area contributed by atoms with Gasteiger partial charge < -0.3 is 14.8 Å².